The molecule has 21 heavy (non-hydrogen) atoms. The van der Waals surface area contributed by atoms with E-state index in [0.29, 0.717) is 5.52 Å². The number of methoxy groups -OCH3 is 1. The lowest BCUT2D eigenvalue weighted by Gasteiger charge is -2.19. The molecule has 0 radical (unpaired) electrons. The third-order valence-corrected chi connectivity index (χ3v) is 2.55. The smallest absolute Gasteiger partial charge is 0.413 e. The fourth-order valence-corrected chi connectivity index (χ4v) is 1.79. The maximum atomic E-state index is 11.9. The summed E-state index contributed by atoms with van der Waals surface area (Å²) in [6, 6.07) is 5.23. The number of carbonyl (C=O) groups excluding carboxylic acids is 2. The number of hydrogen-bond donors (Lipinski definition) is 1. The first kappa shape index (κ1) is 14.8. The molecule has 2 aromatic heterocycles. The molecule has 0 atom stereocenters. The Labute approximate surface area is 121 Å². The second kappa shape index (κ2) is 5.43. The molecule has 0 fully saturated rings. The molecule has 0 spiro atoms. The summed E-state index contributed by atoms with van der Waals surface area (Å²) in [4.78, 5) is 23.7. The van der Waals surface area contributed by atoms with Gasteiger partial charge in [-0.25, -0.2) is 14.1 Å². The van der Waals surface area contributed by atoms with E-state index in [1.54, 1.807) is 45.2 Å². The number of carbonyl (C=O) groups is 2. The van der Waals surface area contributed by atoms with E-state index in [-0.39, 0.29) is 11.4 Å². The van der Waals surface area contributed by atoms with Crippen molar-refractivity contribution in [2.45, 2.75) is 26.4 Å². The Hall–Kier alpha value is -2.57. The molecule has 0 aliphatic carbocycles. The minimum atomic E-state index is -0.684. The molecule has 0 saturated heterocycles. The minimum Gasteiger partial charge on any atom is -0.465 e. The maximum Gasteiger partial charge on any atom is 0.413 e. The van der Waals surface area contributed by atoms with Crippen molar-refractivity contribution in [2.24, 2.45) is 0 Å². The van der Waals surface area contributed by atoms with Crippen LogP contribution in [-0.2, 0) is 9.47 Å². The van der Waals surface area contributed by atoms with Gasteiger partial charge >= 0.3 is 12.1 Å². The van der Waals surface area contributed by atoms with E-state index >= 15 is 0 Å². The predicted molar refractivity (Wildman–Crippen MR) is 76.4 cm³/mol. The van der Waals surface area contributed by atoms with E-state index in [1.807, 2.05) is 0 Å². The molecule has 112 valence electrons. The van der Waals surface area contributed by atoms with E-state index in [1.165, 1.54) is 11.6 Å². The van der Waals surface area contributed by atoms with Crippen LogP contribution in [0.3, 0.4) is 0 Å². The molecule has 7 heteroatoms. The molecule has 2 heterocycles. The highest BCUT2D eigenvalue weighted by atomic mass is 16.6. The first-order valence-electron chi connectivity index (χ1n) is 6.37. The molecule has 0 saturated carbocycles. The molecule has 7 nitrogen and oxygen atoms in total. The number of hydrogen-bond acceptors (Lipinski definition) is 5. The summed E-state index contributed by atoms with van der Waals surface area (Å²) in [5.74, 6) is -0.482. The van der Waals surface area contributed by atoms with Gasteiger partial charge in [0.15, 0.2) is 5.82 Å². The van der Waals surface area contributed by atoms with Crippen molar-refractivity contribution in [3.63, 3.8) is 0 Å². The number of pyridine rings is 1. The van der Waals surface area contributed by atoms with Crippen LogP contribution < -0.4 is 5.32 Å². The molecular formula is C14H17N3O4. The van der Waals surface area contributed by atoms with Crippen LogP contribution in [0.5, 0.6) is 0 Å². The lowest BCUT2D eigenvalue weighted by Crippen LogP contribution is -2.27. The molecule has 0 aliphatic heterocycles. The van der Waals surface area contributed by atoms with E-state index in [4.69, 9.17) is 9.47 Å². The lowest BCUT2D eigenvalue weighted by atomic mass is 10.2. The monoisotopic (exact) mass is 291 g/mol. The van der Waals surface area contributed by atoms with E-state index < -0.39 is 17.7 Å². The number of anilines is 1. The number of fused-ring (bicyclic) bond motifs is 1. The van der Waals surface area contributed by atoms with Crippen LogP contribution in [0.25, 0.3) is 5.52 Å². The molecule has 2 rings (SSSR count). The summed E-state index contributed by atoms with van der Waals surface area (Å²) in [6.07, 6.45) is 0.984. The number of rotatable bonds is 2. The zero-order valence-corrected chi connectivity index (χ0v) is 12.3. The number of nitrogens with zero attached hydrogens (tertiary/aromatic N) is 2. The Morgan fingerprint density at radius 3 is 2.62 bits per heavy atom. The maximum absolute atomic E-state index is 11.9. The van der Waals surface area contributed by atoms with Gasteiger partial charge in [-0.2, -0.15) is 0 Å². The first-order chi connectivity index (χ1) is 9.81. The van der Waals surface area contributed by atoms with Gasteiger partial charge in [0, 0.05) is 6.20 Å². The first-order valence-corrected chi connectivity index (χ1v) is 6.37. The Kier molecular flexibility index (Phi) is 3.84. The van der Waals surface area contributed by atoms with Crippen LogP contribution in [-0.4, -0.2) is 34.4 Å². The van der Waals surface area contributed by atoms with Crippen molar-refractivity contribution >= 4 is 23.4 Å². The third kappa shape index (κ3) is 3.31. The number of esters is 1. The van der Waals surface area contributed by atoms with Gasteiger partial charge in [-0.3, -0.25) is 5.32 Å². The average Bonchev–Trinajstić information content (AvgIpc) is 2.73. The van der Waals surface area contributed by atoms with Crippen molar-refractivity contribution in [2.75, 3.05) is 12.4 Å². The summed E-state index contributed by atoms with van der Waals surface area (Å²) in [7, 11) is 1.27. The van der Waals surface area contributed by atoms with Gasteiger partial charge in [0.05, 0.1) is 12.6 Å². The van der Waals surface area contributed by atoms with Gasteiger partial charge in [-0.1, -0.05) is 6.07 Å². The molecular weight excluding hydrogens is 274 g/mol. The minimum absolute atomic E-state index is 0.0994. The van der Waals surface area contributed by atoms with E-state index in [9.17, 15) is 9.59 Å². The standard InChI is InChI=1S/C14H17N3O4/c1-14(2,3)21-13(19)15-11-10(12(18)20-4)9-7-5-6-8-17(9)16-11/h5-8H,1-4H3,(H,15,16,19). The Morgan fingerprint density at radius 1 is 1.29 bits per heavy atom. The van der Waals surface area contributed by atoms with Gasteiger partial charge in [0.2, 0.25) is 0 Å². The molecule has 0 bridgehead atoms. The second-order valence-electron chi connectivity index (χ2n) is 5.37. The highest BCUT2D eigenvalue weighted by Crippen LogP contribution is 2.22. The van der Waals surface area contributed by atoms with Crippen LogP contribution in [0.4, 0.5) is 10.6 Å². The average molecular weight is 291 g/mol. The molecule has 1 amide bonds. The van der Waals surface area contributed by atoms with Crippen LogP contribution in [0.2, 0.25) is 0 Å². The van der Waals surface area contributed by atoms with Crippen LogP contribution in [0.15, 0.2) is 24.4 Å². The van der Waals surface area contributed by atoms with Gasteiger partial charge < -0.3 is 9.47 Å². The van der Waals surface area contributed by atoms with Crippen LogP contribution in [0.1, 0.15) is 31.1 Å². The van der Waals surface area contributed by atoms with E-state index in [2.05, 4.69) is 10.4 Å². The third-order valence-electron chi connectivity index (χ3n) is 2.55. The number of ether oxygens (including phenoxy) is 2. The number of amides is 1. The van der Waals surface area contributed by atoms with Crippen molar-refractivity contribution in [3.05, 3.63) is 30.0 Å². The fourth-order valence-electron chi connectivity index (χ4n) is 1.79. The summed E-state index contributed by atoms with van der Waals surface area (Å²) < 4.78 is 11.4. The van der Waals surface area contributed by atoms with Gasteiger partial charge in [0.25, 0.3) is 0 Å². The van der Waals surface area contributed by atoms with Crippen molar-refractivity contribution < 1.29 is 19.1 Å². The number of aromatic nitrogens is 2. The quantitative estimate of drug-likeness (QED) is 0.859. The summed E-state index contributed by atoms with van der Waals surface area (Å²) in [5, 5.41) is 6.63. The zero-order valence-electron chi connectivity index (χ0n) is 12.3. The van der Waals surface area contributed by atoms with Crippen molar-refractivity contribution in [3.8, 4) is 0 Å². The molecule has 0 unspecified atom stereocenters. The molecule has 2 aromatic rings. The van der Waals surface area contributed by atoms with Crippen molar-refractivity contribution in [1.29, 1.82) is 0 Å². The Balaban J connectivity index is 2.39. The van der Waals surface area contributed by atoms with Crippen molar-refractivity contribution in [1.82, 2.24) is 9.61 Å². The Bertz CT molecular complexity index is 685. The topological polar surface area (TPSA) is 81.9 Å². The zero-order chi connectivity index (χ0) is 15.6. The highest BCUT2D eigenvalue weighted by molar-refractivity contribution is 6.04. The Morgan fingerprint density at radius 2 is 2.00 bits per heavy atom. The summed E-state index contributed by atoms with van der Waals surface area (Å²) in [5.41, 5.74) is 0.0775. The molecule has 0 aromatic carbocycles. The lowest BCUT2D eigenvalue weighted by molar-refractivity contribution is 0.0604. The van der Waals surface area contributed by atoms with Gasteiger partial charge in [-0.05, 0) is 32.9 Å². The summed E-state index contributed by atoms with van der Waals surface area (Å²) >= 11 is 0. The highest BCUT2D eigenvalue weighted by Gasteiger charge is 2.24. The largest absolute Gasteiger partial charge is 0.465 e. The summed E-state index contributed by atoms with van der Waals surface area (Å²) in [6.45, 7) is 5.24. The number of nitrogens with one attached hydrogen (secondary N) is 1. The van der Waals surface area contributed by atoms with Gasteiger partial charge in [-0.15, -0.1) is 5.10 Å². The SMILES string of the molecule is COC(=O)c1c(NC(=O)OC(C)(C)C)nn2ccccc12. The van der Waals surface area contributed by atoms with Crippen LogP contribution in [0, 0.1) is 0 Å². The normalized spacial score (nSPS) is 11.2. The molecule has 1 N–H and O–H groups in total. The van der Waals surface area contributed by atoms with Gasteiger partial charge in [0.1, 0.15) is 11.2 Å². The second-order valence-corrected chi connectivity index (χ2v) is 5.37. The molecule has 0 aliphatic rings. The predicted octanol–water partition coefficient (Wildman–Crippen LogP) is 2.47. The van der Waals surface area contributed by atoms with E-state index in [0.717, 1.165) is 0 Å². The fraction of sp³-hybridized carbons (Fsp3) is 0.357. The van der Waals surface area contributed by atoms with Crippen LogP contribution >= 0.6 is 0 Å².